The minimum absolute atomic E-state index is 0.148. The molecule has 1 aliphatic rings. The van der Waals surface area contributed by atoms with E-state index in [1.807, 2.05) is 13.8 Å². The van der Waals surface area contributed by atoms with Crippen molar-refractivity contribution in [1.29, 1.82) is 0 Å². The normalized spacial score (nSPS) is 18.4. The van der Waals surface area contributed by atoms with E-state index in [4.69, 9.17) is 0 Å². The molecule has 1 unspecified atom stereocenters. The fraction of sp³-hybridized carbons (Fsp3) is 0.562. The van der Waals surface area contributed by atoms with E-state index in [0.717, 1.165) is 24.1 Å². The summed E-state index contributed by atoms with van der Waals surface area (Å²) >= 11 is 0. The molecule has 2 rings (SSSR count). The number of aryl methyl sites for hydroxylation is 2. The quantitative estimate of drug-likeness (QED) is 0.844. The molecule has 21 heavy (non-hydrogen) atoms. The molecule has 0 spiro atoms. The third-order valence-corrected chi connectivity index (χ3v) is 3.76. The van der Waals surface area contributed by atoms with Gasteiger partial charge in [0.15, 0.2) is 0 Å². The molecule has 1 heterocycles. The predicted octanol–water partition coefficient (Wildman–Crippen LogP) is 3.56. The van der Waals surface area contributed by atoms with Crippen LogP contribution in [0.25, 0.3) is 0 Å². The van der Waals surface area contributed by atoms with E-state index < -0.39 is 12.1 Å². The number of hydrogen-bond donors (Lipinski definition) is 1. The Balaban J connectivity index is 2.34. The number of halogens is 1. The lowest BCUT2D eigenvalue weighted by atomic mass is 9.94. The highest BCUT2D eigenvalue weighted by atomic mass is 19.1. The number of hydrogen-bond acceptors (Lipinski definition) is 3. The Hall–Kier alpha value is -1.78. The van der Waals surface area contributed by atoms with Gasteiger partial charge < -0.3 is 5.11 Å². The summed E-state index contributed by atoms with van der Waals surface area (Å²) in [7, 11) is 0. The lowest BCUT2D eigenvalue weighted by Gasteiger charge is -2.19. The van der Waals surface area contributed by atoms with Gasteiger partial charge in [-0.3, -0.25) is 4.98 Å². The van der Waals surface area contributed by atoms with Crippen molar-refractivity contribution in [3.8, 4) is 0 Å². The maximum absolute atomic E-state index is 13.5. The van der Waals surface area contributed by atoms with E-state index in [1.54, 1.807) is 6.07 Å². The zero-order valence-corrected chi connectivity index (χ0v) is 12.5. The molecule has 4 nitrogen and oxygen atoms in total. The third kappa shape index (κ3) is 3.86. The highest BCUT2D eigenvalue weighted by Gasteiger charge is 2.20. The first-order valence-electron chi connectivity index (χ1n) is 7.45. The summed E-state index contributed by atoms with van der Waals surface area (Å²) in [5.41, 5.74) is 3.19. The second-order valence-corrected chi connectivity index (χ2v) is 5.51. The fourth-order valence-corrected chi connectivity index (χ4v) is 2.52. The van der Waals surface area contributed by atoms with Gasteiger partial charge in [0, 0.05) is 12.1 Å². The predicted molar refractivity (Wildman–Crippen MR) is 80.2 cm³/mol. The van der Waals surface area contributed by atoms with Crippen LogP contribution in [-0.2, 0) is 17.6 Å². The van der Waals surface area contributed by atoms with Gasteiger partial charge in [0.05, 0.1) is 11.4 Å². The highest BCUT2D eigenvalue weighted by Crippen LogP contribution is 2.28. The standard InChI is InChI=1S/C16H21FN2O2/c1-3-4-5-14(16(20)21)19-15-9-11-8-12(17)6-7-13(11)18-10(15)2/h9,12H,3-8H2,1-2H3,(H,20,21). The Kier molecular flexibility index (Phi) is 5.04. The summed E-state index contributed by atoms with van der Waals surface area (Å²) in [6.07, 6.45) is 2.81. The van der Waals surface area contributed by atoms with Gasteiger partial charge in [-0.05, 0) is 44.2 Å². The van der Waals surface area contributed by atoms with Crippen molar-refractivity contribution in [2.45, 2.75) is 58.5 Å². The zero-order valence-electron chi connectivity index (χ0n) is 12.5. The molecule has 114 valence electrons. The van der Waals surface area contributed by atoms with Crippen LogP contribution in [0.5, 0.6) is 0 Å². The molecule has 0 fully saturated rings. The maximum Gasteiger partial charge on any atom is 0.350 e. The number of aliphatic carboxylic acids is 1. The largest absolute Gasteiger partial charge is 0.477 e. The Bertz CT molecular complexity index is 570. The van der Waals surface area contributed by atoms with Gasteiger partial charge in [-0.15, -0.1) is 0 Å². The van der Waals surface area contributed by atoms with Crippen LogP contribution in [0.1, 0.15) is 49.6 Å². The maximum atomic E-state index is 13.5. The number of nitrogens with zero attached hydrogens (tertiary/aromatic N) is 2. The minimum Gasteiger partial charge on any atom is -0.477 e. The third-order valence-electron chi connectivity index (χ3n) is 3.76. The second-order valence-electron chi connectivity index (χ2n) is 5.51. The van der Waals surface area contributed by atoms with E-state index in [0.29, 0.717) is 37.1 Å². The Morgan fingerprint density at radius 2 is 2.33 bits per heavy atom. The summed E-state index contributed by atoms with van der Waals surface area (Å²) in [6, 6.07) is 1.80. The monoisotopic (exact) mass is 292 g/mol. The van der Waals surface area contributed by atoms with Gasteiger partial charge in [0.1, 0.15) is 11.9 Å². The summed E-state index contributed by atoms with van der Waals surface area (Å²) in [5.74, 6) is -0.996. The molecule has 0 radical (unpaired) electrons. The minimum atomic E-state index is -0.996. The molecule has 1 aromatic rings. The summed E-state index contributed by atoms with van der Waals surface area (Å²) in [5, 5.41) is 9.22. The van der Waals surface area contributed by atoms with Gasteiger partial charge in [-0.1, -0.05) is 13.3 Å². The number of carboxylic acids is 1. The summed E-state index contributed by atoms with van der Waals surface area (Å²) in [4.78, 5) is 20.0. The topological polar surface area (TPSA) is 62.5 Å². The van der Waals surface area contributed by atoms with Crippen molar-refractivity contribution in [3.05, 3.63) is 23.0 Å². The van der Waals surface area contributed by atoms with Crippen LogP contribution in [0, 0.1) is 6.92 Å². The molecule has 0 bridgehead atoms. The fourth-order valence-electron chi connectivity index (χ4n) is 2.52. The number of alkyl halides is 1. The van der Waals surface area contributed by atoms with E-state index in [9.17, 15) is 14.3 Å². The van der Waals surface area contributed by atoms with E-state index in [1.165, 1.54) is 0 Å². The van der Waals surface area contributed by atoms with Gasteiger partial charge in [-0.2, -0.15) is 0 Å². The molecule has 1 aliphatic carbocycles. The number of carboxylic acid groups (broad SMARTS) is 1. The number of pyridine rings is 1. The zero-order chi connectivity index (χ0) is 15.4. The molecular formula is C16H21FN2O2. The van der Waals surface area contributed by atoms with Gasteiger partial charge in [0.2, 0.25) is 0 Å². The smallest absolute Gasteiger partial charge is 0.350 e. The van der Waals surface area contributed by atoms with Crippen LogP contribution in [0.4, 0.5) is 10.1 Å². The van der Waals surface area contributed by atoms with E-state index >= 15 is 0 Å². The SMILES string of the molecule is CCCCC(=Nc1cc2c(nc1C)CCC(F)C2)C(=O)O. The van der Waals surface area contributed by atoms with Crippen LogP contribution in [0.3, 0.4) is 0 Å². The molecule has 0 aliphatic heterocycles. The molecule has 1 atom stereocenters. The van der Waals surface area contributed by atoms with Crippen LogP contribution >= 0.6 is 0 Å². The average Bonchev–Trinajstić information content (AvgIpc) is 2.44. The van der Waals surface area contributed by atoms with Crippen LogP contribution in [-0.4, -0.2) is 27.9 Å². The highest BCUT2D eigenvalue weighted by molar-refractivity contribution is 6.36. The number of carbonyl (C=O) groups is 1. The molecule has 0 amide bonds. The van der Waals surface area contributed by atoms with E-state index in [2.05, 4.69) is 9.98 Å². The lowest BCUT2D eigenvalue weighted by Crippen LogP contribution is -2.17. The van der Waals surface area contributed by atoms with Gasteiger partial charge in [0.25, 0.3) is 0 Å². The first kappa shape index (κ1) is 15.6. The van der Waals surface area contributed by atoms with Gasteiger partial charge in [-0.25, -0.2) is 14.2 Å². The second kappa shape index (κ2) is 6.78. The van der Waals surface area contributed by atoms with Crippen LogP contribution in [0.2, 0.25) is 0 Å². The van der Waals surface area contributed by atoms with Crippen molar-refractivity contribution >= 4 is 17.4 Å². The molecule has 0 saturated carbocycles. The van der Waals surface area contributed by atoms with E-state index in [-0.39, 0.29) is 5.71 Å². The summed E-state index contributed by atoms with van der Waals surface area (Å²) < 4.78 is 13.5. The molecule has 5 heteroatoms. The first-order valence-corrected chi connectivity index (χ1v) is 7.45. The molecule has 1 aromatic heterocycles. The number of unbranched alkanes of at least 4 members (excludes halogenated alkanes) is 1. The first-order chi connectivity index (χ1) is 10.0. The van der Waals surface area contributed by atoms with Crippen molar-refractivity contribution in [2.75, 3.05) is 0 Å². The lowest BCUT2D eigenvalue weighted by molar-refractivity contribution is -0.129. The van der Waals surface area contributed by atoms with Crippen molar-refractivity contribution in [1.82, 2.24) is 4.98 Å². The van der Waals surface area contributed by atoms with Crippen molar-refractivity contribution in [3.63, 3.8) is 0 Å². The molecule has 0 aromatic carbocycles. The Morgan fingerprint density at radius 1 is 1.57 bits per heavy atom. The number of rotatable bonds is 5. The molecule has 0 saturated heterocycles. The van der Waals surface area contributed by atoms with Crippen molar-refractivity contribution in [2.24, 2.45) is 4.99 Å². The Morgan fingerprint density at radius 3 is 3.00 bits per heavy atom. The summed E-state index contributed by atoms with van der Waals surface area (Å²) in [6.45, 7) is 3.83. The molecular weight excluding hydrogens is 271 g/mol. The van der Waals surface area contributed by atoms with Crippen LogP contribution in [0.15, 0.2) is 11.1 Å². The van der Waals surface area contributed by atoms with Crippen LogP contribution < -0.4 is 0 Å². The van der Waals surface area contributed by atoms with Crippen molar-refractivity contribution < 1.29 is 14.3 Å². The number of fused-ring (bicyclic) bond motifs is 1. The Labute approximate surface area is 124 Å². The van der Waals surface area contributed by atoms with Gasteiger partial charge >= 0.3 is 5.97 Å². The average molecular weight is 292 g/mol. The number of aromatic nitrogens is 1. The number of aliphatic imine (C=N–C) groups is 1. The molecule has 1 N–H and O–H groups in total.